The van der Waals surface area contributed by atoms with E-state index in [-0.39, 0.29) is 43.0 Å². The molecule has 1 aromatic heterocycles. The number of methoxy groups -OCH3 is 1. The highest BCUT2D eigenvalue weighted by molar-refractivity contribution is 5.98. The minimum atomic E-state index is -2.64. The van der Waals surface area contributed by atoms with E-state index in [2.05, 4.69) is 9.97 Å². The molecular weight excluding hydrogens is 242 g/mol. The van der Waals surface area contributed by atoms with Crippen LogP contribution in [0.3, 0.4) is 0 Å². The Morgan fingerprint density at radius 1 is 1.33 bits per heavy atom. The number of aromatic nitrogens is 2. The van der Waals surface area contributed by atoms with Gasteiger partial charge in [-0.25, -0.2) is 18.7 Å². The summed E-state index contributed by atoms with van der Waals surface area (Å²) in [4.78, 5) is 20.0. The van der Waals surface area contributed by atoms with Gasteiger partial charge in [0.15, 0.2) is 11.5 Å². The van der Waals surface area contributed by atoms with E-state index in [1.807, 2.05) is 0 Å². The molecule has 98 valence electrons. The van der Waals surface area contributed by atoms with Gasteiger partial charge in [-0.15, -0.1) is 0 Å². The highest BCUT2D eigenvalue weighted by Crippen LogP contribution is 2.37. The molecule has 0 atom stereocenters. The Labute approximate surface area is 103 Å². The molecule has 4 nitrogen and oxygen atoms in total. The molecule has 0 aliphatic heterocycles. The smallest absolute Gasteiger partial charge is 0.248 e. The number of carbonyl (C=O) groups is 1. The van der Waals surface area contributed by atoms with Crippen molar-refractivity contribution in [1.29, 1.82) is 0 Å². The molecule has 0 spiro atoms. The van der Waals surface area contributed by atoms with E-state index in [1.165, 1.54) is 19.5 Å². The molecule has 1 aromatic rings. The largest absolute Gasteiger partial charge is 0.479 e. The molecule has 1 aliphatic rings. The monoisotopic (exact) mass is 256 g/mol. The van der Waals surface area contributed by atoms with Gasteiger partial charge in [0.1, 0.15) is 0 Å². The second-order valence-electron chi connectivity index (χ2n) is 4.41. The van der Waals surface area contributed by atoms with Crippen LogP contribution in [-0.2, 0) is 0 Å². The van der Waals surface area contributed by atoms with Crippen LogP contribution < -0.4 is 4.74 Å². The quantitative estimate of drug-likeness (QED) is 0.780. The molecular formula is C12H14F2N2O2. The fourth-order valence-electron chi connectivity index (χ4n) is 2.14. The average Bonchev–Trinajstić information content (AvgIpc) is 2.38. The number of ether oxygens (including phenoxy) is 1. The van der Waals surface area contributed by atoms with Crippen LogP contribution in [0.1, 0.15) is 36.2 Å². The maximum Gasteiger partial charge on any atom is 0.248 e. The first-order valence-electron chi connectivity index (χ1n) is 5.80. The zero-order valence-electron chi connectivity index (χ0n) is 10.0. The maximum atomic E-state index is 13.0. The van der Waals surface area contributed by atoms with E-state index in [0.29, 0.717) is 0 Å². The molecule has 0 unspecified atom stereocenters. The van der Waals surface area contributed by atoms with Gasteiger partial charge in [-0.2, -0.15) is 0 Å². The maximum absolute atomic E-state index is 13.0. The Balaban J connectivity index is 2.13. The average molecular weight is 256 g/mol. The van der Waals surface area contributed by atoms with Gasteiger partial charge in [-0.05, 0) is 12.8 Å². The molecule has 0 bridgehead atoms. The van der Waals surface area contributed by atoms with Crippen molar-refractivity contribution in [3.63, 3.8) is 0 Å². The van der Waals surface area contributed by atoms with E-state index in [9.17, 15) is 13.6 Å². The Hall–Kier alpha value is -1.59. The highest BCUT2D eigenvalue weighted by atomic mass is 19.3. The summed E-state index contributed by atoms with van der Waals surface area (Å²) in [6.45, 7) is 0. The van der Waals surface area contributed by atoms with E-state index < -0.39 is 11.8 Å². The number of nitrogens with zero attached hydrogens (tertiary/aromatic N) is 2. The molecule has 1 fully saturated rings. The van der Waals surface area contributed by atoms with Crippen LogP contribution in [-0.4, -0.2) is 28.8 Å². The molecule has 18 heavy (non-hydrogen) atoms. The second-order valence-corrected chi connectivity index (χ2v) is 4.41. The van der Waals surface area contributed by atoms with Crippen LogP contribution >= 0.6 is 0 Å². The first-order valence-corrected chi connectivity index (χ1v) is 5.80. The second kappa shape index (κ2) is 4.96. The van der Waals surface area contributed by atoms with Crippen LogP contribution in [0.2, 0.25) is 0 Å². The van der Waals surface area contributed by atoms with E-state index in [4.69, 9.17) is 4.74 Å². The first kappa shape index (κ1) is 12.9. The van der Waals surface area contributed by atoms with Gasteiger partial charge >= 0.3 is 0 Å². The van der Waals surface area contributed by atoms with Gasteiger partial charge in [-0.3, -0.25) is 4.79 Å². The highest BCUT2D eigenvalue weighted by Gasteiger charge is 2.38. The lowest BCUT2D eigenvalue weighted by Crippen LogP contribution is -2.29. The SMILES string of the molecule is COc1nccnc1C(=O)C1CCC(F)(F)CC1. The predicted molar refractivity (Wildman–Crippen MR) is 59.8 cm³/mol. The molecule has 6 heteroatoms. The summed E-state index contributed by atoms with van der Waals surface area (Å²) in [5.41, 5.74) is 0.134. The molecule has 1 heterocycles. The first-order chi connectivity index (χ1) is 8.53. The number of carbonyl (C=O) groups excluding carboxylic acids is 1. The van der Waals surface area contributed by atoms with Crippen molar-refractivity contribution in [2.24, 2.45) is 5.92 Å². The third-order valence-electron chi connectivity index (χ3n) is 3.18. The van der Waals surface area contributed by atoms with E-state index in [1.54, 1.807) is 0 Å². The summed E-state index contributed by atoms with van der Waals surface area (Å²) in [6.07, 6.45) is 2.70. The van der Waals surface area contributed by atoms with Crippen LogP contribution in [0.5, 0.6) is 5.88 Å². The summed E-state index contributed by atoms with van der Waals surface area (Å²) < 4.78 is 31.0. The zero-order chi connectivity index (χ0) is 13.2. The minimum Gasteiger partial charge on any atom is -0.479 e. The van der Waals surface area contributed by atoms with Crippen molar-refractivity contribution in [2.45, 2.75) is 31.6 Å². The lowest BCUT2D eigenvalue weighted by molar-refractivity contribution is -0.0424. The number of ketones is 1. The van der Waals surface area contributed by atoms with Crippen LogP contribution in [0.4, 0.5) is 8.78 Å². The Morgan fingerprint density at radius 3 is 2.56 bits per heavy atom. The fourth-order valence-corrected chi connectivity index (χ4v) is 2.14. The molecule has 0 N–H and O–H groups in total. The molecule has 2 rings (SSSR count). The van der Waals surface area contributed by atoms with Gasteiger partial charge in [0.05, 0.1) is 7.11 Å². The lowest BCUT2D eigenvalue weighted by Gasteiger charge is -2.27. The molecule has 0 aromatic carbocycles. The standard InChI is InChI=1S/C12H14F2N2O2/c1-18-11-9(15-6-7-16-11)10(17)8-2-4-12(13,14)5-3-8/h6-8H,2-5H2,1H3. The normalized spacial score (nSPS) is 19.5. The van der Waals surface area contributed by atoms with Gasteiger partial charge in [0.25, 0.3) is 0 Å². The third-order valence-corrected chi connectivity index (χ3v) is 3.18. The van der Waals surface area contributed by atoms with Crippen LogP contribution in [0.25, 0.3) is 0 Å². The minimum absolute atomic E-state index is 0.134. The van der Waals surface area contributed by atoms with Crippen LogP contribution in [0.15, 0.2) is 12.4 Å². The lowest BCUT2D eigenvalue weighted by atomic mass is 9.83. The van der Waals surface area contributed by atoms with Crippen molar-refractivity contribution < 1.29 is 18.3 Å². The third kappa shape index (κ3) is 2.63. The fraction of sp³-hybridized carbons (Fsp3) is 0.583. The molecule has 0 amide bonds. The Bertz CT molecular complexity index is 441. The number of hydrogen-bond donors (Lipinski definition) is 0. The van der Waals surface area contributed by atoms with E-state index in [0.717, 1.165) is 0 Å². The molecule has 0 radical (unpaired) electrons. The van der Waals surface area contributed by atoms with Gasteiger partial charge in [0.2, 0.25) is 11.8 Å². The zero-order valence-corrected chi connectivity index (χ0v) is 10.0. The number of halogens is 2. The topological polar surface area (TPSA) is 52.1 Å². The summed E-state index contributed by atoms with van der Waals surface area (Å²) >= 11 is 0. The summed E-state index contributed by atoms with van der Waals surface area (Å²) in [6, 6.07) is 0. The number of Topliss-reactive ketones (excluding diaryl/α,β-unsaturated/α-hetero) is 1. The van der Waals surface area contributed by atoms with Crippen molar-refractivity contribution >= 4 is 5.78 Å². The number of rotatable bonds is 3. The molecule has 1 aliphatic carbocycles. The molecule has 0 saturated heterocycles. The number of hydrogen-bond acceptors (Lipinski definition) is 4. The number of alkyl halides is 2. The predicted octanol–water partition coefficient (Wildman–Crippen LogP) is 2.49. The Morgan fingerprint density at radius 2 is 1.94 bits per heavy atom. The van der Waals surface area contributed by atoms with Gasteiger partial charge < -0.3 is 4.74 Å². The summed E-state index contributed by atoms with van der Waals surface area (Å²) in [5.74, 6) is -3.14. The van der Waals surface area contributed by atoms with Gasteiger partial charge in [-0.1, -0.05) is 0 Å². The van der Waals surface area contributed by atoms with Crippen molar-refractivity contribution in [1.82, 2.24) is 9.97 Å². The van der Waals surface area contributed by atoms with E-state index >= 15 is 0 Å². The van der Waals surface area contributed by atoms with Crippen molar-refractivity contribution in [2.75, 3.05) is 7.11 Å². The molecule has 1 saturated carbocycles. The summed E-state index contributed by atoms with van der Waals surface area (Å²) in [5, 5.41) is 0. The Kier molecular flexibility index (Phi) is 3.54. The van der Waals surface area contributed by atoms with Crippen molar-refractivity contribution in [3.05, 3.63) is 18.1 Å². The van der Waals surface area contributed by atoms with Crippen molar-refractivity contribution in [3.8, 4) is 5.88 Å². The van der Waals surface area contributed by atoms with Crippen LogP contribution in [0, 0.1) is 5.92 Å². The summed E-state index contributed by atoms with van der Waals surface area (Å²) in [7, 11) is 1.40. The van der Waals surface area contributed by atoms with Gasteiger partial charge in [0, 0.05) is 31.2 Å².